The molecule has 3 unspecified atom stereocenters. The lowest BCUT2D eigenvalue weighted by atomic mass is 9.95. The van der Waals surface area contributed by atoms with Crippen molar-refractivity contribution in [3.63, 3.8) is 0 Å². The van der Waals surface area contributed by atoms with E-state index in [-0.39, 0.29) is 0 Å². The van der Waals surface area contributed by atoms with Crippen molar-refractivity contribution in [2.75, 3.05) is 13.1 Å². The summed E-state index contributed by atoms with van der Waals surface area (Å²) in [4.78, 5) is 10.9. The Balaban J connectivity index is 2.07. The molecule has 2 heterocycles. The smallest absolute Gasteiger partial charge is 0.0755 e. The van der Waals surface area contributed by atoms with Gasteiger partial charge in [0.15, 0.2) is 0 Å². The van der Waals surface area contributed by atoms with Crippen molar-refractivity contribution < 1.29 is 0 Å². The third-order valence-electron chi connectivity index (χ3n) is 3.28. The van der Waals surface area contributed by atoms with Gasteiger partial charge in [-0.2, -0.15) is 0 Å². The summed E-state index contributed by atoms with van der Waals surface area (Å²) in [6, 6.07) is 0.602. The van der Waals surface area contributed by atoms with Crippen LogP contribution in [0.25, 0.3) is 0 Å². The van der Waals surface area contributed by atoms with E-state index >= 15 is 0 Å². The minimum Gasteiger partial charge on any atom is -0.327 e. The predicted molar refractivity (Wildman–Crippen MR) is 63.8 cm³/mol. The van der Waals surface area contributed by atoms with Gasteiger partial charge >= 0.3 is 0 Å². The van der Waals surface area contributed by atoms with Crippen LogP contribution >= 0.6 is 0 Å². The maximum absolute atomic E-state index is 6.05. The molecule has 1 aliphatic heterocycles. The number of hydrogen-bond donors (Lipinski definition) is 1. The molecule has 0 aromatic carbocycles. The molecule has 16 heavy (non-hydrogen) atoms. The zero-order valence-electron chi connectivity index (χ0n) is 10.0. The monoisotopic (exact) mass is 220 g/mol. The lowest BCUT2D eigenvalue weighted by Gasteiger charge is -2.38. The Kier molecular flexibility index (Phi) is 3.51. The molecule has 4 heteroatoms. The first-order valence-corrected chi connectivity index (χ1v) is 5.92. The largest absolute Gasteiger partial charge is 0.327 e. The number of nitrogens with two attached hydrogens (primary N) is 1. The molecule has 4 nitrogen and oxygen atoms in total. The maximum Gasteiger partial charge on any atom is 0.0755 e. The molecule has 1 fully saturated rings. The van der Waals surface area contributed by atoms with Gasteiger partial charge in [0.05, 0.1) is 11.7 Å². The van der Waals surface area contributed by atoms with Crippen molar-refractivity contribution in [2.24, 2.45) is 11.7 Å². The number of piperidine rings is 1. The van der Waals surface area contributed by atoms with Crippen LogP contribution in [-0.4, -0.2) is 34.0 Å². The molecule has 0 bridgehead atoms. The van der Waals surface area contributed by atoms with Crippen LogP contribution in [0.1, 0.15) is 32.0 Å². The third kappa shape index (κ3) is 2.57. The van der Waals surface area contributed by atoms with Gasteiger partial charge in [-0.05, 0) is 19.3 Å². The van der Waals surface area contributed by atoms with Gasteiger partial charge in [0.1, 0.15) is 0 Å². The second-order valence-electron chi connectivity index (χ2n) is 4.86. The Hall–Kier alpha value is -1.00. The van der Waals surface area contributed by atoms with E-state index in [1.807, 2.05) is 6.20 Å². The average molecular weight is 220 g/mol. The molecule has 1 aromatic heterocycles. The number of rotatable bonds is 2. The minimum atomic E-state index is 0.294. The van der Waals surface area contributed by atoms with E-state index in [9.17, 15) is 0 Å². The first-order chi connectivity index (χ1) is 7.66. The van der Waals surface area contributed by atoms with Crippen LogP contribution in [0.4, 0.5) is 0 Å². The van der Waals surface area contributed by atoms with E-state index in [0.29, 0.717) is 18.0 Å². The molecule has 1 aliphatic rings. The van der Waals surface area contributed by atoms with E-state index in [4.69, 9.17) is 5.73 Å². The van der Waals surface area contributed by atoms with Crippen LogP contribution < -0.4 is 5.73 Å². The Bertz CT molecular complexity index is 317. The summed E-state index contributed by atoms with van der Waals surface area (Å²) >= 11 is 0. The second kappa shape index (κ2) is 4.89. The molecule has 0 aliphatic carbocycles. The lowest BCUT2D eigenvalue weighted by molar-refractivity contribution is 0.121. The van der Waals surface area contributed by atoms with Gasteiger partial charge in [-0.25, -0.2) is 0 Å². The van der Waals surface area contributed by atoms with Gasteiger partial charge in [0.2, 0.25) is 0 Å². The van der Waals surface area contributed by atoms with Crippen LogP contribution in [0.3, 0.4) is 0 Å². The fraction of sp³-hybridized carbons (Fsp3) is 0.667. The molecule has 1 aromatic rings. The highest BCUT2D eigenvalue weighted by molar-refractivity contribution is 5.02. The summed E-state index contributed by atoms with van der Waals surface area (Å²) < 4.78 is 0. The van der Waals surface area contributed by atoms with Gasteiger partial charge in [0, 0.05) is 37.7 Å². The first kappa shape index (κ1) is 11.5. The normalized spacial score (nSPS) is 28.9. The van der Waals surface area contributed by atoms with Crippen molar-refractivity contribution >= 4 is 0 Å². The second-order valence-corrected chi connectivity index (χ2v) is 4.86. The lowest BCUT2D eigenvalue weighted by Crippen LogP contribution is -2.47. The SMILES string of the molecule is CC1CC(N)CN(C(C)c2cnccn2)C1. The summed E-state index contributed by atoms with van der Waals surface area (Å²) in [5.74, 6) is 0.669. The van der Waals surface area contributed by atoms with Gasteiger partial charge in [-0.15, -0.1) is 0 Å². The highest BCUT2D eigenvalue weighted by atomic mass is 15.2. The van der Waals surface area contributed by atoms with Crippen LogP contribution in [0.5, 0.6) is 0 Å². The molecular weight excluding hydrogens is 200 g/mol. The third-order valence-corrected chi connectivity index (χ3v) is 3.28. The Morgan fingerprint density at radius 1 is 1.44 bits per heavy atom. The minimum absolute atomic E-state index is 0.294. The average Bonchev–Trinajstić information content (AvgIpc) is 2.28. The van der Waals surface area contributed by atoms with E-state index in [1.54, 1.807) is 12.4 Å². The van der Waals surface area contributed by atoms with Crippen LogP contribution in [0.15, 0.2) is 18.6 Å². The number of nitrogens with zero attached hydrogens (tertiary/aromatic N) is 3. The quantitative estimate of drug-likeness (QED) is 0.814. The topological polar surface area (TPSA) is 55.0 Å². The zero-order valence-corrected chi connectivity index (χ0v) is 10.0. The summed E-state index contributed by atoms with van der Waals surface area (Å²) in [6.07, 6.45) is 6.43. The van der Waals surface area contributed by atoms with Crippen molar-refractivity contribution in [2.45, 2.75) is 32.4 Å². The molecule has 2 N–H and O–H groups in total. The van der Waals surface area contributed by atoms with Crippen LogP contribution in [0.2, 0.25) is 0 Å². The van der Waals surface area contributed by atoms with Gasteiger partial charge < -0.3 is 5.73 Å². The fourth-order valence-corrected chi connectivity index (χ4v) is 2.47. The molecule has 0 amide bonds. The number of aromatic nitrogens is 2. The standard InChI is InChI=1S/C12H20N4/c1-9-5-11(13)8-16(7-9)10(2)12-6-14-3-4-15-12/h3-4,6,9-11H,5,7-8,13H2,1-2H3. The maximum atomic E-state index is 6.05. The molecule has 3 atom stereocenters. The molecule has 0 spiro atoms. The Morgan fingerprint density at radius 3 is 2.88 bits per heavy atom. The zero-order chi connectivity index (χ0) is 11.5. The highest BCUT2D eigenvalue weighted by Gasteiger charge is 2.26. The van der Waals surface area contributed by atoms with E-state index in [2.05, 4.69) is 28.7 Å². The molecular formula is C12H20N4. The molecule has 1 saturated heterocycles. The van der Waals surface area contributed by atoms with Gasteiger partial charge in [0.25, 0.3) is 0 Å². The van der Waals surface area contributed by atoms with E-state index in [0.717, 1.165) is 25.2 Å². The summed E-state index contributed by atoms with van der Waals surface area (Å²) in [7, 11) is 0. The number of hydrogen-bond acceptors (Lipinski definition) is 4. The molecule has 0 radical (unpaired) electrons. The fourth-order valence-electron chi connectivity index (χ4n) is 2.47. The van der Waals surface area contributed by atoms with E-state index in [1.165, 1.54) is 0 Å². The van der Waals surface area contributed by atoms with Crippen molar-refractivity contribution in [3.05, 3.63) is 24.3 Å². The van der Waals surface area contributed by atoms with Gasteiger partial charge in [-0.1, -0.05) is 6.92 Å². The Labute approximate surface area is 96.9 Å². The van der Waals surface area contributed by atoms with Gasteiger partial charge in [-0.3, -0.25) is 14.9 Å². The summed E-state index contributed by atoms with van der Waals surface area (Å²) in [6.45, 7) is 6.50. The Morgan fingerprint density at radius 2 is 2.25 bits per heavy atom. The highest BCUT2D eigenvalue weighted by Crippen LogP contribution is 2.24. The first-order valence-electron chi connectivity index (χ1n) is 5.92. The predicted octanol–water partition coefficient (Wildman–Crippen LogP) is 1.21. The summed E-state index contributed by atoms with van der Waals surface area (Å²) in [5.41, 5.74) is 7.09. The van der Waals surface area contributed by atoms with Crippen molar-refractivity contribution in [1.29, 1.82) is 0 Å². The van der Waals surface area contributed by atoms with Crippen LogP contribution in [-0.2, 0) is 0 Å². The van der Waals surface area contributed by atoms with E-state index < -0.39 is 0 Å². The molecule has 0 saturated carbocycles. The summed E-state index contributed by atoms with van der Waals surface area (Å²) in [5, 5.41) is 0. The number of likely N-dealkylation sites (tertiary alicyclic amines) is 1. The van der Waals surface area contributed by atoms with Crippen molar-refractivity contribution in [3.8, 4) is 0 Å². The van der Waals surface area contributed by atoms with Crippen molar-refractivity contribution in [1.82, 2.24) is 14.9 Å². The molecule has 2 rings (SSSR count). The van der Waals surface area contributed by atoms with Crippen LogP contribution in [0, 0.1) is 5.92 Å². The molecule has 88 valence electrons.